The number of amides is 1. The van der Waals surface area contributed by atoms with Crippen LogP contribution in [-0.4, -0.2) is 5.91 Å². The van der Waals surface area contributed by atoms with E-state index in [0.717, 1.165) is 22.6 Å². The summed E-state index contributed by atoms with van der Waals surface area (Å²) in [4.78, 5) is 11.3. The molecule has 1 aromatic heterocycles. The number of hydrogen-bond donors (Lipinski definition) is 1. The van der Waals surface area contributed by atoms with E-state index in [2.05, 4.69) is 21.2 Å². The van der Waals surface area contributed by atoms with Gasteiger partial charge in [0.1, 0.15) is 5.76 Å². The number of alkyl halides is 1. The fourth-order valence-corrected chi connectivity index (χ4v) is 2.55. The molecule has 3 nitrogen and oxygen atoms in total. The second-order valence-corrected chi connectivity index (χ2v) is 4.94. The van der Waals surface area contributed by atoms with Crippen molar-refractivity contribution < 1.29 is 9.21 Å². The highest BCUT2D eigenvalue weighted by atomic mass is 79.9. The van der Waals surface area contributed by atoms with Gasteiger partial charge in [0.15, 0.2) is 0 Å². The van der Waals surface area contributed by atoms with Gasteiger partial charge in [-0.3, -0.25) is 4.79 Å². The SMILES string of the molecule is O=C1Cc2cc(C(Br)c3ccco3)ccc2N1. The third-order valence-electron chi connectivity index (χ3n) is 2.84. The van der Waals surface area contributed by atoms with Gasteiger partial charge < -0.3 is 9.73 Å². The summed E-state index contributed by atoms with van der Waals surface area (Å²) in [6, 6.07) is 9.76. The van der Waals surface area contributed by atoms with Crippen LogP contribution in [0.15, 0.2) is 41.0 Å². The molecule has 1 unspecified atom stereocenters. The Kier molecular flexibility index (Phi) is 2.52. The molecule has 2 heterocycles. The molecule has 0 spiro atoms. The molecule has 4 heteroatoms. The smallest absolute Gasteiger partial charge is 0.228 e. The van der Waals surface area contributed by atoms with Crippen molar-refractivity contribution in [2.24, 2.45) is 0 Å². The molecule has 86 valence electrons. The number of carbonyl (C=O) groups is 1. The van der Waals surface area contributed by atoms with E-state index in [1.807, 2.05) is 30.3 Å². The van der Waals surface area contributed by atoms with Gasteiger partial charge in [-0.25, -0.2) is 0 Å². The lowest BCUT2D eigenvalue weighted by atomic mass is 10.0. The summed E-state index contributed by atoms with van der Waals surface area (Å²) in [6.45, 7) is 0. The summed E-state index contributed by atoms with van der Waals surface area (Å²) >= 11 is 3.60. The monoisotopic (exact) mass is 291 g/mol. The minimum Gasteiger partial charge on any atom is -0.468 e. The largest absolute Gasteiger partial charge is 0.468 e. The molecule has 1 atom stereocenters. The van der Waals surface area contributed by atoms with Crippen LogP contribution in [0.2, 0.25) is 0 Å². The highest BCUT2D eigenvalue weighted by molar-refractivity contribution is 9.09. The summed E-state index contributed by atoms with van der Waals surface area (Å²) in [7, 11) is 0. The second-order valence-electron chi connectivity index (χ2n) is 4.02. The van der Waals surface area contributed by atoms with Crippen LogP contribution in [0.1, 0.15) is 21.7 Å². The molecule has 0 aliphatic carbocycles. The van der Waals surface area contributed by atoms with Gasteiger partial charge in [0.05, 0.1) is 17.5 Å². The van der Waals surface area contributed by atoms with E-state index < -0.39 is 0 Å². The summed E-state index contributed by atoms with van der Waals surface area (Å²) in [6.07, 6.45) is 2.11. The topological polar surface area (TPSA) is 42.2 Å². The zero-order valence-electron chi connectivity index (χ0n) is 8.94. The number of benzene rings is 1. The van der Waals surface area contributed by atoms with Crippen molar-refractivity contribution in [1.29, 1.82) is 0 Å². The molecule has 1 N–H and O–H groups in total. The number of anilines is 1. The molecule has 0 fully saturated rings. The van der Waals surface area contributed by atoms with Crippen LogP contribution in [0.5, 0.6) is 0 Å². The molecular formula is C13H10BrNO2. The van der Waals surface area contributed by atoms with Crippen molar-refractivity contribution in [2.45, 2.75) is 11.2 Å². The Bertz CT molecular complexity index is 563. The summed E-state index contributed by atoms with van der Waals surface area (Å²) in [5, 5.41) is 2.82. The van der Waals surface area contributed by atoms with Gasteiger partial charge in [-0.2, -0.15) is 0 Å². The van der Waals surface area contributed by atoms with E-state index in [0.29, 0.717) is 6.42 Å². The van der Waals surface area contributed by atoms with Crippen LogP contribution in [0.3, 0.4) is 0 Å². The minimum atomic E-state index is 0.0264. The van der Waals surface area contributed by atoms with E-state index >= 15 is 0 Å². The van der Waals surface area contributed by atoms with E-state index in [9.17, 15) is 4.79 Å². The number of furan rings is 1. The molecule has 1 aliphatic rings. The number of rotatable bonds is 2. The number of nitrogens with one attached hydrogen (secondary N) is 1. The van der Waals surface area contributed by atoms with Gasteiger partial charge in [-0.05, 0) is 29.3 Å². The van der Waals surface area contributed by atoms with Crippen LogP contribution in [0, 0.1) is 0 Å². The van der Waals surface area contributed by atoms with Crippen LogP contribution in [-0.2, 0) is 11.2 Å². The number of halogens is 1. The van der Waals surface area contributed by atoms with Crippen molar-refractivity contribution >= 4 is 27.5 Å². The van der Waals surface area contributed by atoms with Crippen molar-refractivity contribution in [1.82, 2.24) is 0 Å². The van der Waals surface area contributed by atoms with E-state index in [1.165, 1.54) is 0 Å². The van der Waals surface area contributed by atoms with E-state index in [-0.39, 0.29) is 10.7 Å². The van der Waals surface area contributed by atoms with Gasteiger partial charge >= 0.3 is 0 Å². The predicted octanol–water partition coefficient (Wildman–Crippen LogP) is 3.26. The quantitative estimate of drug-likeness (QED) is 0.863. The third-order valence-corrected chi connectivity index (χ3v) is 3.82. The standard InChI is InChI=1S/C13H10BrNO2/c14-13(11-2-1-5-17-11)8-3-4-10-9(6-8)7-12(16)15-10/h1-6,13H,7H2,(H,15,16). The van der Waals surface area contributed by atoms with Gasteiger partial charge in [0, 0.05) is 5.69 Å². The lowest BCUT2D eigenvalue weighted by molar-refractivity contribution is -0.115. The maximum atomic E-state index is 11.3. The van der Waals surface area contributed by atoms with Crippen molar-refractivity contribution in [3.05, 3.63) is 53.5 Å². The van der Waals surface area contributed by atoms with E-state index in [1.54, 1.807) is 6.26 Å². The summed E-state index contributed by atoms with van der Waals surface area (Å²) < 4.78 is 5.36. The maximum absolute atomic E-state index is 11.3. The second kappa shape index (κ2) is 4.04. The summed E-state index contributed by atoms with van der Waals surface area (Å²) in [5.74, 6) is 0.920. The predicted molar refractivity (Wildman–Crippen MR) is 68.3 cm³/mol. The first-order valence-electron chi connectivity index (χ1n) is 5.34. The van der Waals surface area contributed by atoms with Crippen molar-refractivity contribution in [3.63, 3.8) is 0 Å². The van der Waals surface area contributed by atoms with Crippen LogP contribution < -0.4 is 5.32 Å². The zero-order chi connectivity index (χ0) is 11.8. The molecule has 0 saturated heterocycles. The summed E-state index contributed by atoms with van der Waals surface area (Å²) in [5.41, 5.74) is 3.05. The van der Waals surface area contributed by atoms with Crippen molar-refractivity contribution in [2.75, 3.05) is 5.32 Å². The van der Waals surface area contributed by atoms with E-state index in [4.69, 9.17) is 4.42 Å². The molecule has 17 heavy (non-hydrogen) atoms. The normalized spacial score (nSPS) is 15.5. The lowest BCUT2D eigenvalue weighted by Gasteiger charge is -2.08. The lowest BCUT2D eigenvalue weighted by Crippen LogP contribution is -2.03. The molecule has 1 aliphatic heterocycles. The molecule has 1 aromatic carbocycles. The zero-order valence-corrected chi connectivity index (χ0v) is 10.5. The van der Waals surface area contributed by atoms with Crippen LogP contribution in [0.4, 0.5) is 5.69 Å². The Balaban J connectivity index is 1.95. The van der Waals surface area contributed by atoms with Crippen LogP contribution >= 0.6 is 15.9 Å². The molecule has 2 aromatic rings. The average molecular weight is 292 g/mol. The van der Waals surface area contributed by atoms with Gasteiger partial charge in [0.2, 0.25) is 5.91 Å². The first-order chi connectivity index (χ1) is 8.24. The Labute approximate surface area is 107 Å². The average Bonchev–Trinajstić information content (AvgIpc) is 2.94. The van der Waals surface area contributed by atoms with Gasteiger partial charge in [-0.15, -0.1) is 0 Å². The van der Waals surface area contributed by atoms with Gasteiger partial charge in [-0.1, -0.05) is 28.1 Å². The number of hydrogen-bond acceptors (Lipinski definition) is 2. The Morgan fingerprint density at radius 2 is 2.24 bits per heavy atom. The fraction of sp³-hybridized carbons (Fsp3) is 0.154. The number of carbonyl (C=O) groups excluding carboxylic acids is 1. The molecule has 0 bridgehead atoms. The first-order valence-corrected chi connectivity index (χ1v) is 6.26. The highest BCUT2D eigenvalue weighted by Gasteiger charge is 2.20. The Morgan fingerprint density at radius 3 is 3.00 bits per heavy atom. The number of fused-ring (bicyclic) bond motifs is 1. The first kappa shape index (κ1) is 10.6. The van der Waals surface area contributed by atoms with Gasteiger partial charge in [0.25, 0.3) is 0 Å². The highest BCUT2D eigenvalue weighted by Crippen LogP contribution is 2.34. The molecule has 0 saturated carbocycles. The van der Waals surface area contributed by atoms with Crippen molar-refractivity contribution in [3.8, 4) is 0 Å². The molecule has 0 radical (unpaired) electrons. The minimum absolute atomic E-state index is 0.0264. The Hall–Kier alpha value is -1.55. The maximum Gasteiger partial charge on any atom is 0.228 e. The molecule has 3 rings (SSSR count). The molecule has 1 amide bonds. The third kappa shape index (κ3) is 1.89. The van der Waals surface area contributed by atoms with Crippen LogP contribution in [0.25, 0.3) is 0 Å². The fourth-order valence-electron chi connectivity index (χ4n) is 2.01. The Morgan fingerprint density at radius 1 is 1.35 bits per heavy atom. The molecular weight excluding hydrogens is 282 g/mol.